The van der Waals surface area contributed by atoms with Crippen molar-refractivity contribution in [1.29, 1.82) is 0 Å². The summed E-state index contributed by atoms with van der Waals surface area (Å²) < 4.78 is 35.4. The van der Waals surface area contributed by atoms with Gasteiger partial charge in [-0.15, -0.1) is 0 Å². The SMILES string of the molecule is CN(C)[C@H]1CN(c2nc(-c3c(F)ccc(F)c3O)c(Cl)c3c2C(=O)N2CCNCC2CO3)C(C)(C)C1. The lowest BCUT2D eigenvalue weighted by molar-refractivity contribution is 0.0606. The normalized spacial score (nSPS) is 23.4. The number of halogens is 3. The molecule has 0 radical (unpaired) electrons. The molecule has 2 atom stereocenters. The van der Waals surface area contributed by atoms with E-state index in [1.807, 2.05) is 19.0 Å². The minimum absolute atomic E-state index is 0.0724. The number of likely N-dealkylation sites (N-methyl/N-ethyl adjacent to an activating group) is 1. The Bertz CT molecular complexity index is 1220. The number of hydrogen-bond donors (Lipinski definition) is 2. The quantitative estimate of drug-likeness (QED) is 0.642. The third-order valence-electron chi connectivity index (χ3n) is 7.48. The molecule has 8 nitrogen and oxygen atoms in total. The van der Waals surface area contributed by atoms with Gasteiger partial charge in [0.05, 0.1) is 11.6 Å². The molecule has 4 heterocycles. The molecule has 194 valence electrons. The number of aromatic hydroxyl groups is 1. The smallest absolute Gasteiger partial charge is 0.261 e. The number of nitrogens with zero attached hydrogens (tertiary/aromatic N) is 4. The number of amides is 1. The lowest BCUT2D eigenvalue weighted by Crippen LogP contribution is -2.55. The highest BCUT2D eigenvalue weighted by Crippen LogP contribution is 2.48. The Labute approximate surface area is 213 Å². The highest BCUT2D eigenvalue weighted by atomic mass is 35.5. The average Bonchev–Trinajstić information content (AvgIpc) is 3.08. The lowest BCUT2D eigenvalue weighted by atomic mass is 9.99. The Kier molecular flexibility index (Phi) is 6.25. The molecule has 1 aromatic carbocycles. The number of aromatic nitrogens is 1. The van der Waals surface area contributed by atoms with Crippen LogP contribution in [0.2, 0.25) is 5.02 Å². The average molecular weight is 522 g/mol. The highest BCUT2D eigenvalue weighted by molar-refractivity contribution is 6.35. The van der Waals surface area contributed by atoms with Crippen LogP contribution in [-0.2, 0) is 0 Å². The molecular formula is C25H30ClF2N5O3. The van der Waals surface area contributed by atoms with E-state index in [0.717, 1.165) is 18.6 Å². The van der Waals surface area contributed by atoms with Crippen LogP contribution >= 0.6 is 11.6 Å². The van der Waals surface area contributed by atoms with Crippen molar-refractivity contribution in [3.05, 3.63) is 34.4 Å². The fourth-order valence-electron chi connectivity index (χ4n) is 5.41. The van der Waals surface area contributed by atoms with Crippen LogP contribution in [-0.4, -0.2) is 90.3 Å². The molecule has 1 aromatic heterocycles. The summed E-state index contributed by atoms with van der Waals surface area (Å²) in [5, 5.41) is 13.6. The predicted octanol–water partition coefficient (Wildman–Crippen LogP) is 3.11. The number of ether oxygens (including phenoxy) is 1. The number of anilines is 1. The molecule has 36 heavy (non-hydrogen) atoms. The maximum Gasteiger partial charge on any atom is 0.261 e. The fraction of sp³-hybridized carbons (Fsp3) is 0.520. The first-order valence-corrected chi connectivity index (χ1v) is 12.4. The Balaban J connectivity index is 1.78. The molecule has 3 aliphatic heterocycles. The van der Waals surface area contributed by atoms with Gasteiger partial charge in [-0.3, -0.25) is 4.79 Å². The summed E-state index contributed by atoms with van der Waals surface area (Å²) in [6.45, 7) is 6.53. The zero-order valence-corrected chi connectivity index (χ0v) is 21.5. The maximum absolute atomic E-state index is 15.0. The molecular weight excluding hydrogens is 492 g/mol. The van der Waals surface area contributed by atoms with E-state index in [9.17, 15) is 18.7 Å². The number of carbonyl (C=O) groups is 1. The van der Waals surface area contributed by atoms with Crippen LogP contribution in [0.5, 0.6) is 11.5 Å². The first kappa shape index (κ1) is 25.0. The second kappa shape index (κ2) is 9.00. The van der Waals surface area contributed by atoms with Crippen molar-refractivity contribution < 1.29 is 23.4 Å². The van der Waals surface area contributed by atoms with Gasteiger partial charge in [0, 0.05) is 37.8 Å². The topological polar surface area (TPSA) is 81.2 Å². The zero-order valence-electron chi connectivity index (χ0n) is 20.7. The molecule has 1 unspecified atom stereocenters. The maximum atomic E-state index is 15.0. The fourth-order valence-corrected chi connectivity index (χ4v) is 5.70. The lowest BCUT2D eigenvalue weighted by Gasteiger charge is -2.36. The number of benzene rings is 1. The zero-order chi connectivity index (χ0) is 25.9. The molecule has 2 fully saturated rings. The molecule has 2 saturated heterocycles. The first-order chi connectivity index (χ1) is 17.0. The van der Waals surface area contributed by atoms with E-state index in [0.29, 0.717) is 26.2 Å². The van der Waals surface area contributed by atoms with Crippen molar-refractivity contribution in [3.8, 4) is 22.8 Å². The van der Waals surface area contributed by atoms with Crippen LogP contribution < -0.4 is 15.0 Å². The van der Waals surface area contributed by atoms with Crippen molar-refractivity contribution >= 4 is 23.3 Å². The minimum Gasteiger partial charge on any atom is -0.504 e. The molecule has 2 aromatic rings. The van der Waals surface area contributed by atoms with Gasteiger partial charge in [-0.1, -0.05) is 11.6 Å². The highest BCUT2D eigenvalue weighted by Gasteiger charge is 2.45. The van der Waals surface area contributed by atoms with Gasteiger partial charge in [0.2, 0.25) is 0 Å². The van der Waals surface area contributed by atoms with Crippen molar-refractivity contribution in [2.45, 2.75) is 37.9 Å². The van der Waals surface area contributed by atoms with E-state index in [-0.39, 0.29) is 52.4 Å². The van der Waals surface area contributed by atoms with E-state index < -0.39 is 28.5 Å². The van der Waals surface area contributed by atoms with Gasteiger partial charge in [-0.2, -0.15) is 0 Å². The molecule has 3 aliphatic rings. The summed E-state index contributed by atoms with van der Waals surface area (Å²) in [5.74, 6) is -2.70. The van der Waals surface area contributed by atoms with Gasteiger partial charge in [-0.25, -0.2) is 13.8 Å². The Morgan fingerprint density at radius 2 is 1.97 bits per heavy atom. The Morgan fingerprint density at radius 3 is 2.67 bits per heavy atom. The molecule has 2 N–H and O–H groups in total. The molecule has 5 rings (SSSR count). The van der Waals surface area contributed by atoms with Gasteiger partial charge >= 0.3 is 0 Å². The largest absolute Gasteiger partial charge is 0.504 e. The molecule has 0 saturated carbocycles. The number of piperazine rings is 1. The predicted molar refractivity (Wildman–Crippen MR) is 133 cm³/mol. The van der Waals surface area contributed by atoms with Crippen molar-refractivity contribution in [2.75, 3.05) is 51.8 Å². The molecule has 1 amide bonds. The van der Waals surface area contributed by atoms with Gasteiger partial charge in [0.15, 0.2) is 17.3 Å². The standard InChI is InChI=1S/C25H30ClF2N5O3/c1-25(2)9-13(31(3)4)11-33(25)23-18-22(36-12-14-10-29-7-8-32(14)24(18)35)19(26)20(30-23)17-15(27)5-6-16(28)21(17)34/h5-6,13-14,29,34H,7-12H2,1-4H3/t13-,14?/m1/s1. The summed E-state index contributed by atoms with van der Waals surface area (Å²) in [6.07, 6.45) is 0.791. The number of phenols is 1. The van der Waals surface area contributed by atoms with E-state index in [1.165, 1.54) is 0 Å². The van der Waals surface area contributed by atoms with Gasteiger partial charge in [0.1, 0.15) is 34.5 Å². The monoisotopic (exact) mass is 521 g/mol. The third-order valence-corrected chi connectivity index (χ3v) is 7.83. The summed E-state index contributed by atoms with van der Waals surface area (Å²) in [5.41, 5.74) is -0.852. The van der Waals surface area contributed by atoms with E-state index >= 15 is 0 Å². The minimum atomic E-state index is -1.00. The molecule has 0 bridgehead atoms. The second-order valence-electron chi connectivity index (χ2n) is 10.5. The van der Waals surface area contributed by atoms with Crippen LogP contribution in [0.25, 0.3) is 11.3 Å². The van der Waals surface area contributed by atoms with Crippen molar-refractivity contribution in [2.24, 2.45) is 0 Å². The van der Waals surface area contributed by atoms with Crippen molar-refractivity contribution in [1.82, 2.24) is 20.1 Å². The van der Waals surface area contributed by atoms with Crippen LogP contribution in [0, 0.1) is 11.6 Å². The van der Waals surface area contributed by atoms with Gasteiger partial charge in [-0.05, 0) is 46.5 Å². The van der Waals surface area contributed by atoms with Crippen molar-refractivity contribution in [3.63, 3.8) is 0 Å². The van der Waals surface area contributed by atoms with E-state index in [1.54, 1.807) is 4.90 Å². The number of pyridine rings is 1. The number of nitrogens with one attached hydrogen (secondary N) is 1. The Morgan fingerprint density at radius 1 is 1.25 bits per heavy atom. The Hall–Kier alpha value is -2.69. The van der Waals surface area contributed by atoms with Gasteiger partial charge in [0.25, 0.3) is 5.91 Å². The summed E-state index contributed by atoms with van der Waals surface area (Å²) in [4.78, 5) is 24.5. The van der Waals surface area contributed by atoms with Crippen LogP contribution in [0.3, 0.4) is 0 Å². The van der Waals surface area contributed by atoms with Crippen LogP contribution in [0.4, 0.5) is 14.6 Å². The van der Waals surface area contributed by atoms with E-state index in [4.69, 9.17) is 16.3 Å². The second-order valence-corrected chi connectivity index (χ2v) is 10.8. The number of hydrogen-bond acceptors (Lipinski definition) is 7. The molecule has 0 spiro atoms. The van der Waals surface area contributed by atoms with Gasteiger partial charge < -0.3 is 29.9 Å². The number of fused-ring (bicyclic) bond motifs is 2. The molecule has 11 heteroatoms. The number of phenolic OH excluding ortho intramolecular Hbond substituents is 1. The summed E-state index contributed by atoms with van der Waals surface area (Å²) in [6, 6.07) is 1.70. The molecule has 0 aliphatic carbocycles. The van der Waals surface area contributed by atoms with E-state index in [2.05, 4.69) is 29.0 Å². The first-order valence-electron chi connectivity index (χ1n) is 12.0. The summed E-state index contributed by atoms with van der Waals surface area (Å²) in [7, 11) is 3.98. The van der Waals surface area contributed by atoms with Crippen LogP contribution in [0.15, 0.2) is 12.1 Å². The third kappa shape index (κ3) is 3.95. The number of carbonyl (C=O) groups excluding carboxylic acids is 1. The summed E-state index contributed by atoms with van der Waals surface area (Å²) >= 11 is 6.72. The van der Waals surface area contributed by atoms with Crippen LogP contribution in [0.1, 0.15) is 30.6 Å². The number of rotatable bonds is 3.